The molecule has 0 aromatic heterocycles. The summed E-state index contributed by atoms with van der Waals surface area (Å²) in [5.74, 6) is 0. The van der Waals surface area contributed by atoms with Crippen LogP contribution in [-0.4, -0.2) is 12.3 Å². The molecule has 68 valence electrons. The summed E-state index contributed by atoms with van der Waals surface area (Å²) in [4.78, 5) is 0. The van der Waals surface area contributed by atoms with Crippen LogP contribution in [0.2, 0.25) is 0 Å². The second-order valence-corrected chi connectivity index (χ2v) is 3.43. The molecular weight excluding hydrogens is 160 g/mol. The van der Waals surface area contributed by atoms with Gasteiger partial charge < -0.3 is 10.7 Å². The molecule has 1 aliphatic rings. The standard InChI is InChI=1S/C11H14N2/c12-10-7-4-8-13-11(10)9-5-2-1-3-6-9/h1-3,5-6,11-13H,4,7-8H2. The first kappa shape index (κ1) is 8.45. The molecule has 1 heterocycles. The minimum absolute atomic E-state index is 0.162. The van der Waals surface area contributed by atoms with E-state index in [9.17, 15) is 0 Å². The first-order chi connectivity index (χ1) is 6.38. The Morgan fingerprint density at radius 3 is 2.69 bits per heavy atom. The lowest BCUT2D eigenvalue weighted by molar-refractivity contribution is 0.572. The Balaban J connectivity index is 2.20. The van der Waals surface area contributed by atoms with Crippen molar-refractivity contribution < 1.29 is 0 Å². The summed E-state index contributed by atoms with van der Waals surface area (Å²) in [6, 6.07) is 10.4. The van der Waals surface area contributed by atoms with E-state index < -0.39 is 0 Å². The van der Waals surface area contributed by atoms with Crippen LogP contribution in [0.15, 0.2) is 30.3 Å². The normalized spacial score (nSPS) is 23.1. The van der Waals surface area contributed by atoms with Gasteiger partial charge in [-0.15, -0.1) is 0 Å². The van der Waals surface area contributed by atoms with E-state index in [4.69, 9.17) is 5.41 Å². The van der Waals surface area contributed by atoms with Gasteiger partial charge in [0, 0.05) is 5.71 Å². The fourth-order valence-electron chi connectivity index (χ4n) is 1.76. The summed E-state index contributed by atoms with van der Waals surface area (Å²) in [5.41, 5.74) is 2.03. The first-order valence-corrected chi connectivity index (χ1v) is 4.73. The highest BCUT2D eigenvalue weighted by atomic mass is 14.9. The SMILES string of the molecule is N=C1CCCNC1c1ccccc1. The molecule has 0 aliphatic carbocycles. The van der Waals surface area contributed by atoms with Crippen molar-refractivity contribution in [3.05, 3.63) is 35.9 Å². The van der Waals surface area contributed by atoms with Crippen LogP contribution in [0.3, 0.4) is 0 Å². The van der Waals surface area contributed by atoms with Crippen molar-refractivity contribution in [2.45, 2.75) is 18.9 Å². The van der Waals surface area contributed by atoms with Gasteiger partial charge in [0.2, 0.25) is 0 Å². The summed E-state index contributed by atoms with van der Waals surface area (Å²) in [7, 11) is 0. The lowest BCUT2D eigenvalue weighted by Crippen LogP contribution is -2.33. The zero-order valence-electron chi connectivity index (χ0n) is 7.59. The fourth-order valence-corrected chi connectivity index (χ4v) is 1.76. The maximum atomic E-state index is 7.82. The van der Waals surface area contributed by atoms with Gasteiger partial charge >= 0.3 is 0 Å². The largest absolute Gasteiger partial charge is 0.308 e. The second kappa shape index (κ2) is 3.71. The number of rotatable bonds is 1. The molecule has 0 saturated carbocycles. The highest BCUT2D eigenvalue weighted by molar-refractivity contribution is 5.88. The van der Waals surface area contributed by atoms with Gasteiger partial charge in [-0.3, -0.25) is 0 Å². The third-order valence-corrected chi connectivity index (χ3v) is 2.45. The fraction of sp³-hybridized carbons (Fsp3) is 0.364. The minimum Gasteiger partial charge on any atom is -0.308 e. The van der Waals surface area contributed by atoms with E-state index in [0.717, 1.165) is 25.1 Å². The third-order valence-electron chi connectivity index (χ3n) is 2.45. The zero-order valence-corrected chi connectivity index (χ0v) is 7.59. The summed E-state index contributed by atoms with van der Waals surface area (Å²) in [6.07, 6.45) is 2.04. The first-order valence-electron chi connectivity index (χ1n) is 4.73. The van der Waals surface area contributed by atoms with Crippen molar-refractivity contribution >= 4 is 5.71 Å². The van der Waals surface area contributed by atoms with Crippen molar-refractivity contribution in [3.63, 3.8) is 0 Å². The number of piperidine rings is 1. The van der Waals surface area contributed by atoms with Crippen molar-refractivity contribution in [1.29, 1.82) is 5.41 Å². The van der Waals surface area contributed by atoms with Crippen molar-refractivity contribution in [2.75, 3.05) is 6.54 Å². The van der Waals surface area contributed by atoms with E-state index in [2.05, 4.69) is 17.4 Å². The smallest absolute Gasteiger partial charge is 0.0704 e. The second-order valence-electron chi connectivity index (χ2n) is 3.43. The van der Waals surface area contributed by atoms with E-state index in [-0.39, 0.29) is 6.04 Å². The van der Waals surface area contributed by atoms with Crippen LogP contribution < -0.4 is 5.32 Å². The highest BCUT2D eigenvalue weighted by Gasteiger charge is 2.19. The van der Waals surface area contributed by atoms with Gasteiger partial charge in [-0.05, 0) is 24.9 Å². The quantitative estimate of drug-likeness (QED) is 0.672. The number of hydrogen-bond donors (Lipinski definition) is 2. The maximum Gasteiger partial charge on any atom is 0.0704 e. The average molecular weight is 174 g/mol. The Labute approximate surface area is 78.5 Å². The summed E-state index contributed by atoms with van der Waals surface area (Å²) in [5, 5.41) is 11.2. The molecule has 1 atom stereocenters. The molecule has 1 aliphatic heterocycles. The molecule has 1 unspecified atom stereocenters. The molecule has 2 heteroatoms. The van der Waals surface area contributed by atoms with E-state index in [1.807, 2.05) is 18.2 Å². The maximum absolute atomic E-state index is 7.82. The zero-order chi connectivity index (χ0) is 9.10. The Morgan fingerprint density at radius 2 is 2.00 bits per heavy atom. The molecule has 13 heavy (non-hydrogen) atoms. The summed E-state index contributed by atoms with van der Waals surface area (Å²) < 4.78 is 0. The van der Waals surface area contributed by atoms with Gasteiger partial charge in [0.15, 0.2) is 0 Å². The monoisotopic (exact) mass is 174 g/mol. The van der Waals surface area contributed by atoms with Gasteiger partial charge in [0.05, 0.1) is 6.04 Å². The van der Waals surface area contributed by atoms with Crippen molar-refractivity contribution in [3.8, 4) is 0 Å². The molecule has 0 radical (unpaired) electrons. The molecule has 2 N–H and O–H groups in total. The van der Waals surface area contributed by atoms with E-state index in [1.165, 1.54) is 5.56 Å². The average Bonchev–Trinajstić information content (AvgIpc) is 2.20. The number of benzene rings is 1. The third kappa shape index (κ3) is 1.78. The molecule has 2 rings (SSSR count). The van der Waals surface area contributed by atoms with Crippen molar-refractivity contribution in [1.82, 2.24) is 5.32 Å². The van der Waals surface area contributed by atoms with Crippen molar-refractivity contribution in [2.24, 2.45) is 0 Å². The Kier molecular flexibility index (Phi) is 2.41. The Bertz CT molecular complexity index is 292. The topological polar surface area (TPSA) is 35.9 Å². The molecule has 1 aromatic rings. The van der Waals surface area contributed by atoms with Gasteiger partial charge in [0.25, 0.3) is 0 Å². The van der Waals surface area contributed by atoms with E-state index in [1.54, 1.807) is 0 Å². The van der Waals surface area contributed by atoms with Crippen LogP contribution in [-0.2, 0) is 0 Å². The summed E-state index contributed by atoms with van der Waals surface area (Å²) >= 11 is 0. The van der Waals surface area contributed by atoms with Crippen LogP contribution in [0.1, 0.15) is 24.4 Å². The van der Waals surface area contributed by atoms with Gasteiger partial charge in [-0.1, -0.05) is 30.3 Å². The number of nitrogens with one attached hydrogen (secondary N) is 2. The highest BCUT2D eigenvalue weighted by Crippen LogP contribution is 2.19. The lowest BCUT2D eigenvalue weighted by Gasteiger charge is -2.24. The van der Waals surface area contributed by atoms with Gasteiger partial charge in [0.1, 0.15) is 0 Å². The molecule has 1 saturated heterocycles. The summed E-state index contributed by atoms with van der Waals surface area (Å²) in [6.45, 7) is 1.03. The van der Waals surface area contributed by atoms with Crippen LogP contribution in [0.4, 0.5) is 0 Å². The van der Waals surface area contributed by atoms with Gasteiger partial charge in [-0.25, -0.2) is 0 Å². The molecule has 0 amide bonds. The molecular formula is C11H14N2. The Morgan fingerprint density at radius 1 is 1.23 bits per heavy atom. The number of hydrogen-bond acceptors (Lipinski definition) is 2. The molecule has 1 aromatic carbocycles. The predicted octanol–water partition coefficient (Wildman–Crippen LogP) is 2.13. The van der Waals surface area contributed by atoms with Crippen LogP contribution in [0.5, 0.6) is 0 Å². The van der Waals surface area contributed by atoms with E-state index >= 15 is 0 Å². The minimum atomic E-state index is 0.162. The van der Waals surface area contributed by atoms with E-state index in [0.29, 0.717) is 0 Å². The lowest BCUT2D eigenvalue weighted by atomic mass is 9.96. The van der Waals surface area contributed by atoms with Crippen LogP contribution >= 0.6 is 0 Å². The van der Waals surface area contributed by atoms with Crippen LogP contribution in [0, 0.1) is 5.41 Å². The van der Waals surface area contributed by atoms with Gasteiger partial charge in [-0.2, -0.15) is 0 Å². The molecule has 0 spiro atoms. The van der Waals surface area contributed by atoms with Crippen LogP contribution in [0.25, 0.3) is 0 Å². The molecule has 1 fully saturated rings. The molecule has 2 nitrogen and oxygen atoms in total. The molecule has 0 bridgehead atoms. The predicted molar refractivity (Wildman–Crippen MR) is 54.1 cm³/mol. The Hall–Kier alpha value is -1.15.